The van der Waals surface area contributed by atoms with Crippen molar-refractivity contribution >= 4 is 5.95 Å². The molecule has 0 saturated heterocycles. The van der Waals surface area contributed by atoms with E-state index in [-0.39, 0.29) is 0 Å². The van der Waals surface area contributed by atoms with Gasteiger partial charge in [-0.2, -0.15) is 0 Å². The van der Waals surface area contributed by atoms with E-state index < -0.39 is 6.10 Å². The van der Waals surface area contributed by atoms with E-state index in [0.29, 0.717) is 31.4 Å². The van der Waals surface area contributed by atoms with Gasteiger partial charge in [0.2, 0.25) is 5.95 Å². The number of hydrogen-bond donors (Lipinski definition) is 1. The van der Waals surface area contributed by atoms with Gasteiger partial charge in [-0.1, -0.05) is 6.92 Å². The number of aliphatic hydroxyl groups excluding tert-OH is 1. The second-order valence-electron chi connectivity index (χ2n) is 5.12. The summed E-state index contributed by atoms with van der Waals surface area (Å²) in [4.78, 5) is 2.18. The fraction of sp³-hybridized carbons (Fsp3) is 0.846. The minimum Gasteiger partial charge on any atom is -0.385 e. The molecule has 6 nitrogen and oxygen atoms in total. The highest BCUT2D eigenvalue weighted by Gasteiger charge is 2.27. The van der Waals surface area contributed by atoms with Crippen molar-refractivity contribution < 1.29 is 9.84 Å². The summed E-state index contributed by atoms with van der Waals surface area (Å²) in [6, 6.07) is 0.553. The summed E-state index contributed by atoms with van der Waals surface area (Å²) in [5.41, 5.74) is 0. The number of hydrogen-bond acceptors (Lipinski definition) is 5. The molecule has 0 spiro atoms. The lowest BCUT2D eigenvalue weighted by Gasteiger charge is -2.35. The number of aliphatic hydroxyl groups is 1. The first-order valence-electron chi connectivity index (χ1n) is 7.02. The fourth-order valence-electron chi connectivity index (χ4n) is 2.33. The normalized spacial score (nSPS) is 17.3. The Morgan fingerprint density at radius 3 is 2.74 bits per heavy atom. The van der Waals surface area contributed by atoms with E-state index >= 15 is 0 Å². The molecule has 1 heterocycles. The molecule has 108 valence electrons. The van der Waals surface area contributed by atoms with Gasteiger partial charge in [-0.3, -0.25) is 4.57 Å². The van der Waals surface area contributed by atoms with Crippen LogP contribution in [0.5, 0.6) is 0 Å². The predicted octanol–water partition coefficient (Wildman–Crippen LogP) is 1.36. The first-order chi connectivity index (χ1) is 9.19. The molecule has 0 aliphatic heterocycles. The highest BCUT2D eigenvalue weighted by atomic mass is 16.5. The van der Waals surface area contributed by atoms with E-state index in [1.165, 1.54) is 19.3 Å². The molecule has 1 saturated carbocycles. The van der Waals surface area contributed by atoms with Crippen LogP contribution in [-0.2, 0) is 11.3 Å². The Balaban J connectivity index is 2.22. The third-order valence-corrected chi connectivity index (χ3v) is 3.90. The lowest BCUT2D eigenvalue weighted by atomic mass is 9.92. The van der Waals surface area contributed by atoms with Crippen LogP contribution in [0.3, 0.4) is 0 Å². The van der Waals surface area contributed by atoms with Crippen LogP contribution >= 0.6 is 0 Å². The molecule has 1 aliphatic rings. The number of nitrogens with zero attached hydrogens (tertiary/aromatic N) is 4. The Kier molecular flexibility index (Phi) is 4.76. The molecule has 1 N–H and O–H groups in total. The number of anilines is 1. The molecule has 1 fully saturated rings. The Labute approximate surface area is 114 Å². The van der Waals surface area contributed by atoms with Crippen molar-refractivity contribution in [1.29, 1.82) is 0 Å². The Hall–Kier alpha value is -1.14. The van der Waals surface area contributed by atoms with Crippen LogP contribution in [0.4, 0.5) is 5.95 Å². The largest absolute Gasteiger partial charge is 0.385 e. The van der Waals surface area contributed by atoms with E-state index in [2.05, 4.69) is 22.1 Å². The van der Waals surface area contributed by atoms with Crippen molar-refractivity contribution in [2.45, 2.75) is 51.3 Å². The average molecular weight is 268 g/mol. The monoisotopic (exact) mass is 268 g/mol. The van der Waals surface area contributed by atoms with Gasteiger partial charge in [-0.15, -0.1) is 10.2 Å². The SMILES string of the molecule is CC[C@H](O)c1nnc(N(C)C2CCC2)n1CCOC. The summed E-state index contributed by atoms with van der Waals surface area (Å²) >= 11 is 0. The van der Waals surface area contributed by atoms with Gasteiger partial charge in [0.05, 0.1) is 13.2 Å². The van der Waals surface area contributed by atoms with Gasteiger partial charge in [0, 0.05) is 20.2 Å². The Bertz CT molecular complexity index is 403. The number of methoxy groups -OCH3 is 1. The molecule has 1 aromatic heterocycles. The van der Waals surface area contributed by atoms with Gasteiger partial charge in [0.25, 0.3) is 0 Å². The summed E-state index contributed by atoms with van der Waals surface area (Å²) in [6.07, 6.45) is 3.77. The van der Waals surface area contributed by atoms with Crippen molar-refractivity contribution in [3.8, 4) is 0 Å². The molecule has 0 bridgehead atoms. The summed E-state index contributed by atoms with van der Waals surface area (Å²) in [7, 11) is 3.73. The van der Waals surface area contributed by atoms with Crippen molar-refractivity contribution in [2.75, 3.05) is 25.7 Å². The molecule has 0 radical (unpaired) electrons. The Morgan fingerprint density at radius 2 is 2.21 bits per heavy atom. The second kappa shape index (κ2) is 6.34. The zero-order chi connectivity index (χ0) is 13.8. The number of aromatic nitrogens is 3. The van der Waals surface area contributed by atoms with Crippen molar-refractivity contribution in [1.82, 2.24) is 14.8 Å². The van der Waals surface area contributed by atoms with Crippen LogP contribution in [0.2, 0.25) is 0 Å². The minimum atomic E-state index is -0.562. The molecule has 0 amide bonds. The van der Waals surface area contributed by atoms with E-state index in [1.54, 1.807) is 7.11 Å². The first-order valence-corrected chi connectivity index (χ1v) is 7.02. The van der Waals surface area contributed by atoms with Gasteiger partial charge in [0.15, 0.2) is 5.82 Å². The zero-order valence-corrected chi connectivity index (χ0v) is 12.0. The van der Waals surface area contributed by atoms with Crippen LogP contribution in [0.25, 0.3) is 0 Å². The standard InChI is InChI=1S/C13H24N4O2/c1-4-11(18)12-14-15-13(17(12)8-9-19-3)16(2)10-6-5-7-10/h10-11,18H,4-9H2,1-3H3/t11-/m0/s1. The lowest BCUT2D eigenvalue weighted by molar-refractivity contribution is 0.149. The van der Waals surface area contributed by atoms with Crippen LogP contribution < -0.4 is 4.90 Å². The van der Waals surface area contributed by atoms with Crippen LogP contribution in [0.1, 0.15) is 44.5 Å². The third kappa shape index (κ3) is 2.90. The molecule has 0 aromatic carbocycles. The number of rotatable bonds is 7. The molecule has 19 heavy (non-hydrogen) atoms. The van der Waals surface area contributed by atoms with Crippen LogP contribution in [-0.4, -0.2) is 46.7 Å². The molecule has 1 atom stereocenters. The van der Waals surface area contributed by atoms with E-state index in [1.807, 2.05) is 11.5 Å². The first kappa shape index (κ1) is 14.3. The maximum Gasteiger partial charge on any atom is 0.227 e. The molecule has 1 aliphatic carbocycles. The number of ether oxygens (including phenoxy) is 1. The summed E-state index contributed by atoms with van der Waals surface area (Å²) in [5.74, 6) is 1.48. The fourth-order valence-corrected chi connectivity index (χ4v) is 2.33. The summed E-state index contributed by atoms with van der Waals surface area (Å²) < 4.78 is 7.12. The van der Waals surface area contributed by atoms with Gasteiger partial charge < -0.3 is 14.7 Å². The molecular weight excluding hydrogens is 244 g/mol. The van der Waals surface area contributed by atoms with Gasteiger partial charge in [-0.25, -0.2) is 0 Å². The molecule has 2 rings (SSSR count). The highest BCUT2D eigenvalue weighted by molar-refractivity contribution is 5.33. The molecule has 1 aromatic rings. The van der Waals surface area contributed by atoms with Gasteiger partial charge in [0.1, 0.15) is 6.10 Å². The van der Waals surface area contributed by atoms with E-state index in [9.17, 15) is 5.11 Å². The highest BCUT2D eigenvalue weighted by Crippen LogP contribution is 2.28. The van der Waals surface area contributed by atoms with Crippen molar-refractivity contribution in [2.24, 2.45) is 0 Å². The molecular formula is C13H24N4O2. The second-order valence-corrected chi connectivity index (χ2v) is 5.12. The quantitative estimate of drug-likeness (QED) is 0.809. The van der Waals surface area contributed by atoms with Crippen molar-refractivity contribution in [3.63, 3.8) is 0 Å². The summed E-state index contributed by atoms with van der Waals surface area (Å²) in [6.45, 7) is 3.20. The van der Waals surface area contributed by atoms with Gasteiger partial charge in [-0.05, 0) is 25.7 Å². The lowest BCUT2D eigenvalue weighted by Crippen LogP contribution is -2.39. The maximum atomic E-state index is 10.0. The zero-order valence-electron chi connectivity index (χ0n) is 12.0. The maximum absolute atomic E-state index is 10.0. The molecule has 6 heteroatoms. The van der Waals surface area contributed by atoms with Crippen LogP contribution in [0.15, 0.2) is 0 Å². The predicted molar refractivity (Wildman–Crippen MR) is 73.2 cm³/mol. The van der Waals surface area contributed by atoms with E-state index in [0.717, 1.165) is 5.95 Å². The van der Waals surface area contributed by atoms with Gasteiger partial charge >= 0.3 is 0 Å². The smallest absolute Gasteiger partial charge is 0.227 e. The van der Waals surface area contributed by atoms with E-state index in [4.69, 9.17) is 4.74 Å². The van der Waals surface area contributed by atoms with Crippen molar-refractivity contribution in [3.05, 3.63) is 5.82 Å². The third-order valence-electron chi connectivity index (χ3n) is 3.90. The minimum absolute atomic E-state index is 0.553. The Morgan fingerprint density at radius 1 is 1.47 bits per heavy atom. The topological polar surface area (TPSA) is 63.4 Å². The molecule has 0 unspecified atom stereocenters. The average Bonchev–Trinajstić information content (AvgIpc) is 2.76. The van der Waals surface area contributed by atoms with Crippen LogP contribution in [0, 0.1) is 0 Å². The summed E-state index contributed by atoms with van der Waals surface area (Å²) in [5, 5.41) is 18.5.